The summed E-state index contributed by atoms with van der Waals surface area (Å²) in [5.41, 5.74) is 2.57. The first kappa shape index (κ1) is 13.7. The summed E-state index contributed by atoms with van der Waals surface area (Å²) in [6.07, 6.45) is 2.55. The highest BCUT2D eigenvalue weighted by atomic mass is 16.5. The number of ether oxygens (including phenoxy) is 1. The zero-order chi connectivity index (χ0) is 14.7. The molecular weight excluding hydrogens is 262 g/mol. The van der Waals surface area contributed by atoms with Crippen molar-refractivity contribution >= 4 is 11.6 Å². The number of hydrogen-bond donors (Lipinski definition) is 1. The molecule has 2 aromatic rings. The molecule has 1 N–H and O–H groups in total. The second-order valence-electron chi connectivity index (χ2n) is 5.60. The first-order valence-corrected chi connectivity index (χ1v) is 7.31. The third kappa shape index (κ3) is 3.85. The lowest BCUT2D eigenvalue weighted by Gasteiger charge is -2.08. The van der Waals surface area contributed by atoms with Gasteiger partial charge in [-0.3, -0.25) is 4.79 Å². The lowest BCUT2D eigenvalue weighted by molar-refractivity contribution is 0.102. The van der Waals surface area contributed by atoms with Crippen LogP contribution in [0.1, 0.15) is 28.8 Å². The van der Waals surface area contributed by atoms with Crippen molar-refractivity contribution in [2.75, 3.05) is 11.9 Å². The maximum Gasteiger partial charge on any atom is 0.255 e. The Kier molecular flexibility index (Phi) is 3.91. The van der Waals surface area contributed by atoms with E-state index in [9.17, 15) is 4.79 Å². The summed E-state index contributed by atoms with van der Waals surface area (Å²) >= 11 is 0. The summed E-state index contributed by atoms with van der Waals surface area (Å²) in [4.78, 5) is 12.2. The van der Waals surface area contributed by atoms with Gasteiger partial charge in [0.05, 0.1) is 6.61 Å². The van der Waals surface area contributed by atoms with Crippen molar-refractivity contribution in [1.29, 1.82) is 0 Å². The van der Waals surface area contributed by atoms with Gasteiger partial charge in [0.1, 0.15) is 5.75 Å². The van der Waals surface area contributed by atoms with Gasteiger partial charge in [-0.1, -0.05) is 12.1 Å². The van der Waals surface area contributed by atoms with Crippen LogP contribution < -0.4 is 10.1 Å². The molecular formula is C18H19NO2. The molecule has 0 aromatic heterocycles. The standard InChI is InChI=1S/C18H19NO2/c1-13-3-2-4-16(11-13)19-18(20)15-7-9-17(10-8-15)21-12-14-5-6-14/h2-4,7-11,14H,5-6,12H2,1H3,(H,19,20). The molecule has 2 aromatic carbocycles. The molecule has 0 atom stereocenters. The predicted octanol–water partition coefficient (Wildman–Crippen LogP) is 4.04. The molecule has 1 aliphatic carbocycles. The van der Waals surface area contributed by atoms with Gasteiger partial charge < -0.3 is 10.1 Å². The summed E-state index contributed by atoms with van der Waals surface area (Å²) in [5, 5.41) is 2.90. The molecule has 0 saturated heterocycles. The molecule has 0 bridgehead atoms. The first-order valence-electron chi connectivity index (χ1n) is 7.31. The van der Waals surface area contributed by atoms with E-state index in [1.54, 1.807) is 12.1 Å². The average molecular weight is 281 g/mol. The number of carbonyl (C=O) groups is 1. The van der Waals surface area contributed by atoms with E-state index in [-0.39, 0.29) is 5.91 Å². The third-order valence-electron chi connectivity index (χ3n) is 3.58. The van der Waals surface area contributed by atoms with Crippen LogP contribution in [0.4, 0.5) is 5.69 Å². The maximum absolute atomic E-state index is 12.2. The number of anilines is 1. The molecule has 0 heterocycles. The van der Waals surface area contributed by atoms with Gasteiger partial charge in [0.25, 0.3) is 5.91 Å². The SMILES string of the molecule is Cc1cccc(NC(=O)c2ccc(OCC3CC3)cc2)c1. The highest BCUT2D eigenvalue weighted by molar-refractivity contribution is 6.04. The van der Waals surface area contributed by atoms with Crippen LogP contribution in [0.15, 0.2) is 48.5 Å². The van der Waals surface area contributed by atoms with Crippen molar-refractivity contribution in [2.24, 2.45) is 5.92 Å². The second kappa shape index (κ2) is 6.00. The second-order valence-corrected chi connectivity index (χ2v) is 5.60. The Bertz CT molecular complexity index is 630. The summed E-state index contributed by atoms with van der Waals surface area (Å²) in [6, 6.07) is 15.1. The first-order chi connectivity index (χ1) is 10.2. The minimum absolute atomic E-state index is 0.102. The van der Waals surface area contributed by atoms with E-state index in [4.69, 9.17) is 4.74 Å². The van der Waals surface area contributed by atoms with Gasteiger partial charge in [0, 0.05) is 11.3 Å². The molecule has 108 valence electrons. The molecule has 21 heavy (non-hydrogen) atoms. The summed E-state index contributed by atoms with van der Waals surface area (Å²) in [7, 11) is 0. The van der Waals surface area contributed by atoms with Gasteiger partial charge >= 0.3 is 0 Å². The average Bonchev–Trinajstić information content (AvgIpc) is 3.30. The minimum Gasteiger partial charge on any atom is -0.493 e. The maximum atomic E-state index is 12.2. The quantitative estimate of drug-likeness (QED) is 0.898. The largest absolute Gasteiger partial charge is 0.493 e. The summed E-state index contributed by atoms with van der Waals surface area (Å²) < 4.78 is 5.67. The molecule has 1 saturated carbocycles. The zero-order valence-electron chi connectivity index (χ0n) is 12.1. The molecule has 1 aliphatic rings. The Morgan fingerprint density at radius 2 is 1.95 bits per heavy atom. The van der Waals surface area contributed by atoms with Crippen molar-refractivity contribution in [3.63, 3.8) is 0 Å². The van der Waals surface area contributed by atoms with Gasteiger partial charge in [0.15, 0.2) is 0 Å². The molecule has 1 amide bonds. The van der Waals surface area contributed by atoms with Crippen molar-refractivity contribution in [2.45, 2.75) is 19.8 Å². The molecule has 0 radical (unpaired) electrons. The van der Waals surface area contributed by atoms with Crippen molar-refractivity contribution in [3.05, 3.63) is 59.7 Å². The van der Waals surface area contributed by atoms with E-state index in [2.05, 4.69) is 5.32 Å². The molecule has 1 fully saturated rings. The fourth-order valence-corrected chi connectivity index (χ4v) is 2.13. The van der Waals surface area contributed by atoms with Crippen LogP contribution in [0, 0.1) is 12.8 Å². The van der Waals surface area contributed by atoms with Gasteiger partial charge in [0.2, 0.25) is 0 Å². The normalized spacial score (nSPS) is 13.8. The van der Waals surface area contributed by atoms with Crippen LogP contribution in [0.3, 0.4) is 0 Å². The highest BCUT2D eigenvalue weighted by Gasteiger charge is 2.21. The van der Waals surface area contributed by atoms with Crippen LogP contribution in [-0.2, 0) is 0 Å². The number of rotatable bonds is 5. The molecule has 0 aliphatic heterocycles. The van der Waals surface area contributed by atoms with Gasteiger partial charge in [-0.05, 0) is 67.6 Å². The Hall–Kier alpha value is -2.29. The molecule has 0 unspecified atom stereocenters. The van der Waals surface area contributed by atoms with Crippen LogP contribution >= 0.6 is 0 Å². The lowest BCUT2D eigenvalue weighted by atomic mass is 10.2. The molecule has 3 nitrogen and oxygen atoms in total. The van der Waals surface area contributed by atoms with Crippen molar-refractivity contribution in [1.82, 2.24) is 0 Å². The summed E-state index contributed by atoms with van der Waals surface area (Å²) in [6.45, 7) is 2.79. The molecule has 3 rings (SSSR count). The number of amides is 1. The number of aryl methyl sites for hydroxylation is 1. The van der Waals surface area contributed by atoms with E-state index in [0.29, 0.717) is 5.56 Å². The van der Waals surface area contributed by atoms with E-state index in [1.165, 1.54) is 12.8 Å². The van der Waals surface area contributed by atoms with E-state index in [1.807, 2.05) is 43.3 Å². The van der Waals surface area contributed by atoms with Gasteiger partial charge in [-0.2, -0.15) is 0 Å². The van der Waals surface area contributed by atoms with Crippen LogP contribution in [0.2, 0.25) is 0 Å². The Balaban J connectivity index is 1.61. The van der Waals surface area contributed by atoms with Crippen molar-refractivity contribution < 1.29 is 9.53 Å². The van der Waals surface area contributed by atoms with Crippen LogP contribution in [0.25, 0.3) is 0 Å². The topological polar surface area (TPSA) is 38.3 Å². The highest BCUT2D eigenvalue weighted by Crippen LogP contribution is 2.29. The number of nitrogens with one attached hydrogen (secondary N) is 1. The molecule has 3 heteroatoms. The van der Waals surface area contributed by atoms with Gasteiger partial charge in [-0.15, -0.1) is 0 Å². The Labute approximate surface area is 124 Å². The monoisotopic (exact) mass is 281 g/mol. The number of carbonyl (C=O) groups excluding carboxylic acids is 1. The van der Waals surface area contributed by atoms with E-state index >= 15 is 0 Å². The van der Waals surface area contributed by atoms with E-state index < -0.39 is 0 Å². The third-order valence-corrected chi connectivity index (χ3v) is 3.58. The Morgan fingerprint density at radius 1 is 1.19 bits per heavy atom. The minimum atomic E-state index is -0.102. The van der Waals surface area contributed by atoms with Gasteiger partial charge in [-0.25, -0.2) is 0 Å². The zero-order valence-corrected chi connectivity index (χ0v) is 12.1. The predicted molar refractivity (Wildman–Crippen MR) is 83.8 cm³/mol. The van der Waals surface area contributed by atoms with Crippen molar-refractivity contribution in [3.8, 4) is 5.75 Å². The summed E-state index contributed by atoms with van der Waals surface area (Å²) in [5.74, 6) is 1.46. The van der Waals surface area contributed by atoms with Crippen LogP contribution in [-0.4, -0.2) is 12.5 Å². The fraction of sp³-hybridized carbons (Fsp3) is 0.278. The Morgan fingerprint density at radius 3 is 2.62 bits per heavy atom. The fourth-order valence-electron chi connectivity index (χ4n) is 2.13. The van der Waals surface area contributed by atoms with Crippen LogP contribution in [0.5, 0.6) is 5.75 Å². The number of benzene rings is 2. The smallest absolute Gasteiger partial charge is 0.255 e. The number of hydrogen-bond acceptors (Lipinski definition) is 2. The lowest BCUT2D eigenvalue weighted by Crippen LogP contribution is -2.11. The van der Waals surface area contributed by atoms with E-state index in [0.717, 1.165) is 29.5 Å². The molecule has 0 spiro atoms.